The fourth-order valence-corrected chi connectivity index (χ4v) is 2.97. The molecule has 5 nitrogen and oxygen atoms in total. The largest absolute Gasteiger partial charge is 0.465 e. The summed E-state index contributed by atoms with van der Waals surface area (Å²) in [5.74, 6) is 0. The smallest absolute Gasteiger partial charge is 0.407 e. The second-order valence-electron chi connectivity index (χ2n) is 5.12. The number of nitrogens with zero attached hydrogens (tertiary/aromatic N) is 1. The maximum absolute atomic E-state index is 11.1. The lowest BCUT2D eigenvalue weighted by Crippen LogP contribution is -2.27. The predicted octanol–water partition coefficient (Wildman–Crippen LogP) is 3.82. The highest BCUT2D eigenvalue weighted by atomic mass is 32.1. The number of amides is 1. The van der Waals surface area contributed by atoms with Crippen molar-refractivity contribution in [3.05, 3.63) is 57.8 Å². The summed E-state index contributed by atoms with van der Waals surface area (Å²) in [6.45, 7) is 0.696. The third kappa shape index (κ3) is 4.91. The monoisotopic (exact) mass is 333 g/mol. The van der Waals surface area contributed by atoms with Crippen molar-refractivity contribution in [1.82, 2.24) is 4.90 Å². The van der Waals surface area contributed by atoms with Crippen LogP contribution in [0, 0.1) is 0 Å². The van der Waals surface area contributed by atoms with Crippen LogP contribution >= 0.6 is 11.3 Å². The van der Waals surface area contributed by atoms with E-state index in [0.717, 1.165) is 16.7 Å². The Morgan fingerprint density at radius 3 is 2.78 bits per heavy atom. The molecule has 1 aromatic carbocycles. The molecule has 6 heteroatoms. The summed E-state index contributed by atoms with van der Waals surface area (Å²) in [6, 6.07) is 11.2. The van der Waals surface area contributed by atoms with Crippen LogP contribution in [0.4, 0.5) is 4.79 Å². The molecule has 23 heavy (non-hydrogen) atoms. The minimum absolute atomic E-state index is 0.198. The lowest BCUT2D eigenvalue weighted by Gasteiger charge is -2.20. The number of hydrogen-bond donors (Lipinski definition) is 1. The van der Waals surface area contributed by atoms with Crippen molar-refractivity contribution >= 4 is 23.7 Å². The number of carbonyl (C=O) groups excluding carboxylic acids is 1. The van der Waals surface area contributed by atoms with E-state index in [2.05, 4.69) is 0 Å². The summed E-state index contributed by atoms with van der Waals surface area (Å²) in [5.41, 5.74) is 1.44. The molecule has 0 aliphatic carbocycles. The third-order valence-corrected chi connectivity index (χ3v) is 4.50. The van der Waals surface area contributed by atoms with Crippen LogP contribution < -0.4 is 0 Å². The van der Waals surface area contributed by atoms with E-state index >= 15 is 0 Å². The fraction of sp³-hybridized carbons (Fsp3) is 0.294. The highest BCUT2D eigenvalue weighted by Gasteiger charge is 2.16. The molecule has 1 aromatic heterocycles. The van der Waals surface area contributed by atoms with Gasteiger partial charge in [0.1, 0.15) is 6.29 Å². The van der Waals surface area contributed by atoms with Crippen molar-refractivity contribution in [3.63, 3.8) is 0 Å². The van der Waals surface area contributed by atoms with Gasteiger partial charge in [-0.1, -0.05) is 30.3 Å². The van der Waals surface area contributed by atoms with Gasteiger partial charge in [-0.15, -0.1) is 11.3 Å². The predicted molar refractivity (Wildman–Crippen MR) is 89.0 cm³/mol. The van der Waals surface area contributed by atoms with Crippen LogP contribution in [0.3, 0.4) is 0 Å². The molecule has 1 heterocycles. The molecule has 0 saturated heterocycles. The molecule has 2 rings (SSSR count). The van der Waals surface area contributed by atoms with Crippen molar-refractivity contribution in [2.45, 2.75) is 19.1 Å². The minimum atomic E-state index is -0.957. The van der Waals surface area contributed by atoms with Gasteiger partial charge >= 0.3 is 6.09 Å². The van der Waals surface area contributed by atoms with E-state index in [1.807, 2.05) is 35.7 Å². The van der Waals surface area contributed by atoms with Crippen LogP contribution in [0.15, 0.2) is 41.8 Å². The van der Waals surface area contributed by atoms with Crippen LogP contribution in [0.25, 0.3) is 0 Å². The number of thiophene rings is 1. The lowest BCUT2D eigenvalue weighted by atomic mass is 10.1. The first kappa shape index (κ1) is 17.2. The summed E-state index contributed by atoms with van der Waals surface area (Å²) in [5, 5.41) is 10.9. The summed E-state index contributed by atoms with van der Waals surface area (Å²) in [7, 11) is 1.54. The fourth-order valence-electron chi connectivity index (χ4n) is 2.16. The zero-order valence-corrected chi connectivity index (χ0v) is 13.7. The van der Waals surface area contributed by atoms with Gasteiger partial charge in [0.25, 0.3) is 0 Å². The van der Waals surface area contributed by atoms with Crippen LogP contribution in [0.2, 0.25) is 0 Å². The van der Waals surface area contributed by atoms with Crippen LogP contribution in [-0.2, 0) is 11.3 Å². The molecule has 1 amide bonds. The zero-order valence-electron chi connectivity index (χ0n) is 12.8. The quantitative estimate of drug-likeness (QED) is 0.746. The van der Waals surface area contributed by atoms with E-state index in [9.17, 15) is 9.59 Å². The standard InChI is InChI=1S/C17H19NO4S/c1-18(17(20)21)9-8-15(16-7-4-10-23-16)22-12-14-6-3-2-5-13(14)11-19/h2-7,10-11,15H,8-9,12H2,1H3,(H,20,21). The van der Waals surface area contributed by atoms with Crippen molar-refractivity contribution in [3.8, 4) is 0 Å². The van der Waals surface area contributed by atoms with E-state index in [1.54, 1.807) is 17.4 Å². The Labute approximate surface area is 139 Å². The van der Waals surface area contributed by atoms with Crippen molar-refractivity contribution in [1.29, 1.82) is 0 Å². The van der Waals surface area contributed by atoms with Crippen molar-refractivity contribution in [2.75, 3.05) is 13.6 Å². The summed E-state index contributed by atoms with van der Waals surface area (Å²) >= 11 is 1.58. The Balaban J connectivity index is 2.03. The molecule has 1 atom stereocenters. The van der Waals surface area contributed by atoms with Crippen LogP contribution in [0.1, 0.15) is 33.3 Å². The number of carboxylic acid groups (broad SMARTS) is 1. The number of aldehydes is 1. The zero-order chi connectivity index (χ0) is 16.7. The first-order valence-electron chi connectivity index (χ1n) is 7.24. The van der Waals surface area contributed by atoms with Crippen molar-refractivity contribution < 1.29 is 19.4 Å². The van der Waals surface area contributed by atoms with Gasteiger partial charge in [-0.05, 0) is 23.4 Å². The van der Waals surface area contributed by atoms with Crippen LogP contribution in [0.5, 0.6) is 0 Å². The van der Waals surface area contributed by atoms with Gasteiger partial charge < -0.3 is 14.7 Å². The van der Waals surface area contributed by atoms with E-state index in [4.69, 9.17) is 9.84 Å². The van der Waals surface area contributed by atoms with E-state index in [1.165, 1.54) is 11.9 Å². The highest BCUT2D eigenvalue weighted by Crippen LogP contribution is 2.27. The first-order chi connectivity index (χ1) is 11.1. The second kappa shape index (κ2) is 8.45. The Morgan fingerprint density at radius 1 is 1.35 bits per heavy atom. The van der Waals surface area contributed by atoms with E-state index in [0.29, 0.717) is 25.1 Å². The first-order valence-corrected chi connectivity index (χ1v) is 8.12. The average molecular weight is 333 g/mol. The lowest BCUT2D eigenvalue weighted by molar-refractivity contribution is 0.0307. The molecule has 1 N–H and O–H groups in total. The summed E-state index contributed by atoms with van der Waals surface area (Å²) in [6.07, 6.45) is 0.224. The number of benzene rings is 1. The molecular weight excluding hydrogens is 314 g/mol. The number of hydrogen-bond acceptors (Lipinski definition) is 4. The highest BCUT2D eigenvalue weighted by molar-refractivity contribution is 7.10. The third-order valence-electron chi connectivity index (χ3n) is 3.54. The van der Waals surface area contributed by atoms with Crippen molar-refractivity contribution in [2.24, 2.45) is 0 Å². The maximum atomic E-state index is 11.1. The van der Waals surface area contributed by atoms with Gasteiger partial charge in [0.05, 0.1) is 12.7 Å². The Kier molecular flexibility index (Phi) is 6.31. The number of carbonyl (C=O) groups is 2. The summed E-state index contributed by atoms with van der Waals surface area (Å²) < 4.78 is 5.98. The summed E-state index contributed by atoms with van der Waals surface area (Å²) in [4.78, 5) is 24.3. The molecule has 122 valence electrons. The maximum Gasteiger partial charge on any atom is 0.407 e. The molecule has 0 radical (unpaired) electrons. The molecule has 2 aromatic rings. The molecule has 0 spiro atoms. The topological polar surface area (TPSA) is 66.8 Å². The van der Waals surface area contributed by atoms with Gasteiger partial charge in [0.2, 0.25) is 0 Å². The average Bonchev–Trinajstić information content (AvgIpc) is 3.09. The molecular formula is C17H19NO4S. The molecule has 1 unspecified atom stereocenters. The second-order valence-corrected chi connectivity index (χ2v) is 6.10. The Morgan fingerprint density at radius 2 is 2.13 bits per heavy atom. The Hall–Kier alpha value is -2.18. The van der Waals surface area contributed by atoms with Gasteiger partial charge in [-0.3, -0.25) is 4.79 Å². The van der Waals surface area contributed by atoms with Gasteiger partial charge in [0.15, 0.2) is 0 Å². The molecule has 0 saturated carbocycles. The van der Waals surface area contributed by atoms with E-state index < -0.39 is 6.09 Å². The Bertz CT molecular complexity index is 642. The van der Waals surface area contributed by atoms with Crippen LogP contribution in [-0.4, -0.2) is 36.0 Å². The minimum Gasteiger partial charge on any atom is -0.465 e. The molecule has 0 aliphatic rings. The SMILES string of the molecule is CN(CCC(OCc1ccccc1C=O)c1cccs1)C(=O)O. The molecule has 0 aliphatic heterocycles. The molecule has 0 bridgehead atoms. The van der Waals surface area contributed by atoms with Gasteiger partial charge in [-0.25, -0.2) is 4.79 Å². The normalized spacial score (nSPS) is 11.9. The number of ether oxygens (including phenoxy) is 1. The number of rotatable bonds is 8. The van der Waals surface area contributed by atoms with E-state index in [-0.39, 0.29) is 6.10 Å². The van der Waals surface area contributed by atoms with Gasteiger partial charge in [-0.2, -0.15) is 0 Å². The van der Waals surface area contributed by atoms with Gasteiger partial charge in [0, 0.05) is 24.0 Å². The molecule has 0 fully saturated rings.